The molecule has 2 heteroatoms. The van der Waals surface area contributed by atoms with E-state index in [9.17, 15) is 4.79 Å². The van der Waals surface area contributed by atoms with Gasteiger partial charge in [0, 0.05) is 12.1 Å². The molecule has 1 aromatic carbocycles. The molecule has 0 radical (unpaired) electrons. The average Bonchev–Trinajstić information content (AvgIpc) is 2.32. The van der Waals surface area contributed by atoms with Crippen LogP contribution < -0.4 is 5.32 Å². The van der Waals surface area contributed by atoms with Crippen LogP contribution in [-0.4, -0.2) is 12.5 Å². The Balaban J connectivity index is 0.00000106. The summed E-state index contributed by atoms with van der Waals surface area (Å²) in [7, 11) is 0. The first kappa shape index (κ1) is 14.7. The third-order valence-corrected chi connectivity index (χ3v) is 2.18. The van der Waals surface area contributed by atoms with Gasteiger partial charge in [-0.15, -0.1) is 0 Å². The molecular formula is C14H23NO. The molecule has 1 rings (SSSR count). The van der Waals surface area contributed by atoms with Crippen molar-refractivity contribution in [3.63, 3.8) is 0 Å². The van der Waals surface area contributed by atoms with E-state index in [1.807, 2.05) is 45.0 Å². The summed E-state index contributed by atoms with van der Waals surface area (Å²) in [5, 5.41) is 2.77. The Morgan fingerprint density at radius 3 is 2.06 bits per heavy atom. The van der Waals surface area contributed by atoms with E-state index in [0.717, 1.165) is 5.56 Å². The topological polar surface area (TPSA) is 29.1 Å². The molecule has 0 saturated heterocycles. The van der Waals surface area contributed by atoms with Crippen LogP contribution in [0, 0.1) is 0 Å². The van der Waals surface area contributed by atoms with E-state index < -0.39 is 0 Å². The van der Waals surface area contributed by atoms with Crippen LogP contribution in [0.5, 0.6) is 0 Å². The SMILES string of the molecule is CC.CCNC(=O)c1ccc(C(C)C)cc1. The minimum Gasteiger partial charge on any atom is -0.352 e. The van der Waals surface area contributed by atoms with Gasteiger partial charge in [-0.25, -0.2) is 0 Å². The van der Waals surface area contributed by atoms with E-state index in [4.69, 9.17) is 0 Å². The largest absolute Gasteiger partial charge is 0.352 e. The maximum Gasteiger partial charge on any atom is 0.251 e. The van der Waals surface area contributed by atoms with Gasteiger partial charge >= 0.3 is 0 Å². The van der Waals surface area contributed by atoms with Gasteiger partial charge in [-0.2, -0.15) is 0 Å². The van der Waals surface area contributed by atoms with Crippen LogP contribution in [0.3, 0.4) is 0 Å². The maximum atomic E-state index is 11.4. The molecule has 16 heavy (non-hydrogen) atoms. The molecular weight excluding hydrogens is 198 g/mol. The fraction of sp³-hybridized carbons (Fsp3) is 0.500. The van der Waals surface area contributed by atoms with E-state index >= 15 is 0 Å². The highest BCUT2D eigenvalue weighted by molar-refractivity contribution is 5.94. The summed E-state index contributed by atoms with van der Waals surface area (Å²) < 4.78 is 0. The lowest BCUT2D eigenvalue weighted by atomic mass is 10.0. The third-order valence-electron chi connectivity index (χ3n) is 2.18. The van der Waals surface area contributed by atoms with E-state index in [1.165, 1.54) is 5.56 Å². The van der Waals surface area contributed by atoms with E-state index in [2.05, 4.69) is 19.2 Å². The van der Waals surface area contributed by atoms with Gasteiger partial charge in [0.2, 0.25) is 0 Å². The Kier molecular flexibility index (Phi) is 7.27. The monoisotopic (exact) mass is 221 g/mol. The normalized spacial score (nSPS) is 9.38. The lowest BCUT2D eigenvalue weighted by Crippen LogP contribution is -2.22. The molecule has 0 aromatic heterocycles. The molecule has 1 aromatic rings. The highest BCUT2D eigenvalue weighted by Gasteiger charge is 2.04. The van der Waals surface area contributed by atoms with Crippen molar-refractivity contribution in [1.82, 2.24) is 5.32 Å². The Morgan fingerprint density at radius 1 is 1.19 bits per heavy atom. The highest BCUT2D eigenvalue weighted by atomic mass is 16.1. The van der Waals surface area contributed by atoms with Gasteiger partial charge in [0.15, 0.2) is 0 Å². The van der Waals surface area contributed by atoms with Crippen LogP contribution in [0.1, 0.15) is 56.5 Å². The molecule has 2 nitrogen and oxygen atoms in total. The molecule has 0 spiro atoms. The van der Waals surface area contributed by atoms with Gasteiger partial charge in [-0.05, 0) is 30.5 Å². The zero-order valence-corrected chi connectivity index (χ0v) is 11.0. The first-order valence-corrected chi connectivity index (χ1v) is 6.03. The fourth-order valence-corrected chi connectivity index (χ4v) is 1.28. The van der Waals surface area contributed by atoms with Gasteiger partial charge in [0.25, 0.3) is 5.91 Å². The van der Waals surface area contributed by atoms with Crippen molar-refractivity contribution in [3.8, 4) is 0 Å². The summed E-state index contributed by atoms with van der Waals surface area (Å²) in [4.78, 5) is 11.4. The number of carbonyl (C=O) groups is 1. The first-order chi connectivity index (χ1) is 7.65. The zero-order chi connectivity index (χ0) is 12.6. The smallest absolute Gasteiger partial charge is 0.251 e. The van der Waals surface area contributed by atoms with Crippen molar-refractivity contribution in [2.75, 3.05) is 6.54 Å². The van der Waals surface area contributed by atoms with E-state index in [0.29, 0.717) is 12.5 Å². The Morgan fingerprint density at radius 2 is 1.69 bits per heavy atom. The molecule has 0 fully saturated rings. The summed E-state index contributed by atoms with van der Waals surface area (Å²) in [5.74, 6) is 0.515. The van der Waals surface area contributed by atoms with Crippen LogP contribution >= 0.6 is 0 Å². The van der Waals surface area contributed by atoms with Gasteiger partial charge in [-0.1, -0.05) is 39.8 Å². The summed E-state index contributed by atoms with van der Waals surface area (Å²) in [5.41, 5.74) is 1.99. The first-order valence-electron chi connectivity index (χ1n) is 6.03. The van der Waals surface area contributed by atoms with Crippen molar-refractivity contribution in [1.29, 1.82) is 0 Å². The second kappa shape index (κ2) is 7.91. The minimum absolute atomic E-state index is 0.00260. The molecule has 0 unspecified atom stereocenters. The van der Waals surface area contributed by atoms with E-state index in [1.54, 1.807) is 0 Å². The predicted molar refractivity (Wildman–Crippen MR) is 69.9 cm³/mol. The zero-order valence-electron chi connectivity index (χ0n) is 11.0. The summed E-state index contributed by atoms with van der Waals surface area (Å²) in [6.07, 6.45) is 0. The third kappa shape index (κ3) is 4.47. The van der Waals surface area contributed by atoms with Gasteiger partial charge in [0.1, 0.15) is 0 Å². The van der Waals surface area contributed by atoms with Crippen molar-refractivity contribution in [3.05, 3.63) is 35.4 Å². The summed E-state index contributed by atoms with van der Waals surface area (Å²) in [6, 6.07) is 7.77. The van der Waals surface area contributed by atoms with E-state index in [-0.39, 0.29) is 5.91 Å². The van der Waals surface area contributed by atoms with Crippen LogP contribution in [0.4, 0.5) is 0 Å². The minimum atomic E-state index is 0.00260. The second-order valence-electron chi connectivity index (χ2n) is 3.64. The van der Waals surface area contributed by atoms with Crippen molar-refractivity contribution < 1.29 is 4.79 Å². The highest BCUT2D eigenvalue weighted by Crippen LogP contribution is 2.14. The number of rotatable bonds is 3. The van der Waals surface area contributed by atoms with Crippen LogP contribution in [0.15, 0.2) is 24.3 Å². The predicted octanol–water partition coefficient (Wildman–Crippen LogP) is 3.59. The van der Waals surface area contributed by atoms with Gasteiger partial charge in [0.05, 0.1) is 0 Å². The number of hydrogen-bond donors (Lipinski definition) is 1. The standard InChI is InChI=1S/C12H17NO.C2H6/c1-4-13-12(14)11-7-5-10(6-8-11)9(2)3;1-2/h5-9H,4H2,1-3H3,(H,13,14);1-2H3. The molecule has 1 N–H and O–H groups in total. The van der Waals surface area contributed by atoms with Gasteiger partial charge < -0.3 is 5.32 Å². The van der Waals surface area contributed by atoms with Crippen molar-refractivity contribution >= 4 is 5.91 Å². The Hall–Kier alpha value is -1.31. The Labute approximate surface area is 99.1 Å². The molecule has 0 atom stereocenters. The number of hydrogen-bond acceptors (Lipinski definition) is 1. The fourth-order valence-electron chi connectivity index (χ4n) is 1.28. The molecule has 90 valence electrons. The molecule has 0 bridgehead atoms. The molecule has 0 heterocycles. The number of benzene rings is 1. The molecule has 1 amide bonds. The Bertz CT molecular complexity index is 301. The van der Waals surface area contributed by atoms with Crippen molar-refractivity contribution in [2.24, 2.45) is 0 Å². The average molecular weight is 221 g/mol. The van der Waals surface area contributed by atoms with Crippen LogP contribution in [0.25, 0.3) is 0 Å². The molecule has 0 saturated carbocycles. The second-order valence-corrected chi connectivity index (χ2v) is 3.64. The maximum absolute atomic E-state index is 11.4. The lowest BCUT2D eigenvalue weighted by molar-refractivity contribution is 0.0956. The van der Waals surface area contributed by atoms with Crippen molar-refractivity contribution in [2.45, 2.75) is 40.5 Å². The molecule has 0 aliphatic heterocycles. The molecule has 0 aliphatic rings. The van der Waals surface area contributed by atoms with Crippen LogP contribution in [0.2, 0.25) is 0 Å². The van der Waals surface area contributed by atoms with Crippen LogP contribution in [-0.2, 0) is 0 Å². The number of carbonyl (C=O) groups excluding carboxylic acids is 1. The summed E-state index contributed by atoms with van der Waals surface area (Å²) in [6.45, 7) is 10.9. The number of amides is 1. The lowest BCUT2D eigenvalue weighted by Gasteiger charge is -2.06. The quantitative estimate of drug-likeness (QED) is 0.830. The van der Waals surface area contributed by atoms with Gasteiger partial charge in [-0.3, -0.25) is 4.79 Å². The number of nitrogens with one attached hydrogen (secondary N) is 1. The summed E-state index contributed by atoms with van der Waals surface area (Å²) >= 11 is 0. The molecule has 0 aliphatic carbocycles.